The molecular weight excluding hydrogens is 192 g/mol. The lowest BCUT2D eigenvalue weighted by Gasteiger charge is -2.42. The van der Waals surface area contributed by atoms with E-state index < -0.39 is 0 Å². The van der Waals surface area contributed by atoms with Gasteiger partial charge in [-0.1, -0.05) is 0 Å². The smallest absolute Gasteiger partial charge is 0.0757 e. The molecule has 0 aromatic heterocycles. The fraction of sp³-hybridized carbons (Fsp3) is 1.00. The van der Waals surface area contributed by atoms with E-state index in [1.807, 2.05) is 0 Å². The van der Waals surface area contributed by atoms with Gasteiger partial charge < -0.3 is 15.2 Å². The fourth-order valence-corrected chi connectivity index (χ4v) is 2.32. The molecule has 0 aromatic carbocycles. The number of hydrogen-bond acceptors (Lipinski definition) is 4. The van der Waals surface area contributed by atoms with Gasteiger partial charge in [0.2, 0.25) is 0 Å². The van der Waals surface area contributed by atoms with Crippen LogP contribution in [-0.4, -0.2) is 56.0 Å². The summed E-state index contributed by atoms with van der Waals surface area (Å²) in [4.78, 5) is 2.36. The van der Waals surface area contributed by atoms with E-state index in [1.54, 1.807) is 7.11 Å². The minimum Gasteiger partial charge on any atom is -0.383 e. The Hall–Kier alpha value is -0.160. The van der Waals surface area contributed by atoms with E-state index >= 15 is 0 Å². The van der Waals surface area contributed by atoms with Crippen molar-refractivity contribution in [3.63, 3.8) is 0 Å². The first-order valence-corrected chi connectivity index (χ1v) is 5.57. The van der Waals surface area contributed by atoms with Crippen LogP contribution in [0.2, 0.25) is 0 Å². The predicted molar refractivity (Wildman–Crippen MR) is 60.9 cm³/mol. The molecule has 1 aliphatic rings. The maximum atomic E-state index is 5.94. The van der Waals surface area contributed by atoms with E-state index in [0.717, 1.165) is 19.6 Å². The Labute approximate surface area is 92.7 Å². The topological polar surface area (TPSA) is 47.7 Å². The highest BCUT2D eigenvalue weighted by atomic mass is 16.5. The Kier molecular flexibility index (Phi) is 4.52. The molecule has 0 aliphatic carbocycles. The van der Waals surface area contributed by atoms with E-state index in [0.29, 0.717) is 6.61 Å². The van der Waals surface area contributed by atoms with Crippen LogP contribution < -0.4 is 5.73 Å². The molecule has 2 unspecified atom stereocenters. The van der Waals surface area contributed by atoms with E-state index in [2.05, 4.69) is 25.7 Å². The Bertz CT molecular complexity index is 197. The molecule has 0 saturated carbocycles. The van der Waals surface area contributed by atoms with Gasteiger partial charge in [0.25, 0.3) is 0 Å². The summed E-state index contributed by atoms with van der Waals surface area (Å²) in [5.74, 6) is 0. The van der Waals surface area contributed by atoms with Crippen molar-refractivity contribution in [2.24, 2.45) is 5.73 Å². The second-order valence-electron chi connectivity index (χ2n) is 5.10. The number of morpholine rings is 1. The molecular formula is C11H24N2O2. The van der Waals surface area contributed by atoms with Gasteiger partial charge in [0.1, 0.15) is 0 Å². The maximum Gasteiger partial charge on any atom is 0.0757 e. The minimum atomic E-state index is -0.0650. The summed E-state index contributed by atoms with van der Waals surface area (Å²) in [5, 5.41) is 0. The molecule has 1 rings (SSSR count). The first-order chi connectivity index (χ1) is 6.93. The van der Waals surface area contributed by atoms with Gasteiger partial charge in [0.05, 0.1) is 18.3 Å². The first-order valence-electron chi connectivity index (χ1n) is 5.57. The van der Waals surface area contributed by atoms with Crippen LogP contribution in [0.15, 0.2) is 0 Å². The largest absolute Gasteiger partial charge is 0.383 e. The van der Waals surface area contributed by atoms with Crippen molar-refractivity contribution < 1.29 is 9.47 Å². The molecule has 0 amide bonds. The fourth-order valence-electron chi connectivity index (χ4n) is 2.32. The molecule has 2 N–H and O–H groups in total. The Morgan fingerprint density at radius 3 is 2.80 bits per heavy atom. The summed E-state index contributed by atoms with van der Waals surface area (Å²) in [5.41, 5.74) is 5.88. The molecule has 0 bridgehead atoms. The van der Waals surface area contributed by atoms with Crippen molar-refractivity contribution in [2.75, 3.05) is 33.4 Å². The molecule has 15 heavy (non-hydrogen) atoms. The van der Waals surface area contributed by atoms with Gasteiger partial charge >= 0.3 is 0 Å². The molecule has 1 saturated heterocycles. The quantitative estimate of drug-likeness (QED) is 0.741. The highest BCUT2D eigenvalue weighted by molar-refractivity contribution is 4.84. The molecule has 4 heteroatoms. The van der Waals surface area contributed by atoms with Crippen molar-refractivity contribution >= 4 is 0 Å². The predicted octanol–water partition coefficient (Wildman–Crippen LogP) is 0.459. The molecule has 1 fully saturated rings. The lowest BCUT2D eigenvalue weighted by molar-refractivity contribution is -0.130. The molecule has 2 atom stereocenters. The molecule has 0 radical (unpaired) electrons. The highest BCUT2D eigenvalue weighted by Crippen LogP contribution is 2.20. The maximum absolute atomic E-state index is 5.94. The van der Waals surface area contributed by atoms with Crippen molar-refractivity contribution in [1.82, 2.24) is 4.90 Å². The minimum absolute atomic E-state index is 0.0650. The van der Waals surface area contributed by atoms with Gasteiger partial charge in [-0.25, -0.2) is 0 Å². The second kappa shape index (κ2) is 5.25. The monoisotopic (exact) mass is 216 g/mol. The van der Waals surface area contributed by atoms with Crippen LogP contribution in [0.5, 0.6) is 0 Å². The summed E-state index contributed by atoms with van der Waals surface area (Å²) in [6.45, 7) is 9.75. The SMILES string of the molecule is COCC(N)CN1CC(C)OC(C)(C)C1. The van der Waals surface area contributed by atoms with Gasteiger partial charge in [-0.3, -0.25) is 4.90 Å². The number of hydrogen-bond donors (Lipinski definition) is 1. The Balaban J connectivity index is 2.41. The number of ether oxygens (including phenoxy) is 2. The summed E-state index contributed by atoms with van der Waals surface area (Å²) >= 11 is 0. The van der Waals surface area contributed by atoms with Crippen molar-refractivity contribution in [3.05, 3.63) is 0 Å². The van der Waals surface area contributed by atoms with Gasteiger partial charge in [-0.05, 0) is 20.8 Å². The Morgan fingerprint density at radius 1 is 1.60 bits per heavy atom. The van der Waals surface area contributed by atoms with E-state index in [-0.39, 0.29) is 17.7 Å². The molecule has 1 aliphatic heterocycles. The zero-order valence-corrected chi connectivity index (χ0v) is 10.3. The van der Waals surface area contributed by atoms with E-state index in [1.165, 1.54) is 0 Å². The molecule has 0 aromatic rings. The molecule has 1 heterocycles. The van der Waals surface area contributed by atoms with Crippen LogP contribution in [0, 0.1) is 0 Å². The number of nitrogens with two attached hydrogens (primary N) is 1. The highest BCUT2D eigenvalue weighted by Gasteiger charge is 2.31. The molecule has 4 nitrogen and oxygen atoms in total. The van der Waals surface area contributed by atoms with Gasteiger partial charge in [-0.2, -0.15) is 0 Å². The Morgan fingerprint density at radius 2 is 2.27 bits per heavy atom. The average Bonchev–Trinajstić information content (AvgIpc) is 1.99. The van der Waals surface area contributed by atoms with E-state index in [9.17, 15) is 0 Å². The van der Waals surface area contributed by atoms with Crippen LogP contribution in [-0.2, 0) is 9.47 Å². The third kappa shape index (κ3) is 4.47. The normalized spacial score (nSPS) is 29.0. The summed E-state index contributed by atoms with van der Waals surface area (Å²) in [6.07, 6.45) is 0.281. The van der Waals surface area contributed by atoms with Crippen molar-refractivity contribution in [2.45, 2.75) is 38.5 Å². The van der Waals surface area contributed by atoms with E-state index in [4.69, 9.17) is 15.2 Å². The van der Waals surface area contributed by atoms with Gasteiger partial charge in [0, 0.05) is 32.8 Å². The number of nitrogens with zero attached hydrogens (tertiary/aromatic N) is 1. The van der Waals surface area contributed by atoms with Crippen LogP contribution in [0.25, 0.3) is 0 Å². The number of rotatable bonds is 4. The lowest BCUT2D eigenvalue weighted by Crippen LogP contribution is -2.54. The van der Waals surface area contributed by atoms with Crippen LogP contribution >= 0.6 is 0 Å². The second-order valence-corrected chi connectivity index (χ2v) is 5.10. The third-order valence-corrected chi connectivity index (χ3v) is 2.51. The third-order valence-electron chi connectivity index (χ3n) is 2.51. The first kappa shape index (κ1) is 12.9. The van der Waals surface area contributed by atoms with Crippen LogP contribution in [0.4, 0.5) is 0 Å². The van der Waals surface area contributed by atoms with Gasteiger partial charge in [0.15, 0.2) is 0 Å². The zero-order valence-electron chi connectivity index (χ0n) is 10.3. The number of methoxy groups -OCH3 is 1. The van der Waals surface area contributed by atoms with Crippen molar-refractivity contribution in [1.29, 1.82) is 0 Å². The summed E-state index contributed by atoms with van der Waals surface area (Å²) < 4.78 is 10.9. The zero-order chi connectivity index (χ0) is 11.5. The standard InChI is InChI=1S/C11H24N2O2/c1-9-5-13(6-10(12)7-14-4)8-11(2,3)15-9/h9-10H,5-8,12H2,1-4H3. The average molecular weight is 216 g/mol. The van der Waals surface area contributed by atoms with Crippen LogP contribution in [0.3, 0.4) is 0 Å². The van der Waals surface area contributed by atoms with Gasteiger partial charge in [-0.15, -0.1) is 0 Å². The summed E-state index contributed by atoms with van der Waals surface area (Å²) in [7, 11) is 1.69. The molecule has 90 valence electrons. The summed E-state index contributed by atoms with van der Waals surface area (Å²) in [6, 6.07) is 0.0936. The lowest BCUT2D eigenvalue weighted by atomic mass is 10.1. The van der Waals surface area contributed by atoms with Crippen molar-refractivity contribution in [3.8, 4) is 0 Å². The molecule has 0 spiro atoms. The van der Waals surface area contributed by atoms with Crippen LogP contribution in [0.1, 0.15) is 20.8 Å².